The second kappa shape index (κ2) is 12.9. The van der Waals surface area contributed by atoms with E-state index in [1.807, 2.05) is 121 Å². The third-order valence-corrected chi connectivity index (χ3v) is 9.39. The van der Waals surface area contributed by atoms with Gasteiger partial charge in [0.15, 0.2) is 17.5 Å². The molecule has 2 aromatic heterocycles. The van der Waals surface area contributed by atoms with E-state index in [0.717, 1.165) is 55.3 Å². The molecule has 0 bridgehead atoms. The second-order valence-corrected chi connectivity index (χ2v) is 12.5. The summed E-state index contributed by atoms with van der Waals surface area (Å²) in [6.45, 7) is 0. The minimum Gasteiger partial charge on any atom is -0.309 e. The molecule has 0 atom stereocenters. The molecule has 244 valence electrons. The molecule has 7 aromatic carbocycles. The largest absolute Gasteiger partial charge is 0.309 e. The number of fused-ring (bicyclic) bond motifs is 3. The average molecular weight is 670 g/mol. The Kier molecular flexibility index (Phi) is 7.64. The maximum atomic E-state index is 15.7. The highest BCUT2D eigenvalue weighted by Crippen LogP contribution is 2.40. The van der Waals surface area contributed by atoms with E-state index in [2.05, 4.69) is 41.0 Å². The van der Waals surface area contributed by atoms with Crippen LogP contribution in [0.4, 0.5) is 4.39 Å². The molecule has 0 aliphatic carbocycles. The molecule has 0 radical (unpaired) electrons. The van der Waals surface area contributed by atoms with Gasteiger partial charge in [0.1, 0.15) is 5.82 Å². The maximum Gasteiger partial charge on any atom is 0.164 e. The Hall–Kier alpha value is -7.23. The fraction of sp³-hybridized carbons (Fsp3) is 0. The van der Waals surface area contributed by atoms with Crippen molar-refractivity contribution in [3.8, 4) is 68.2 Å². The van der Waals surface area contributed by atoms with Crippen LogP contribution in [0.2, 0.25) is 0 Å². The van der Waals surface area contributed by atoms with Crippen LogP contribution < -0.4 is 0 Å². The summed E-state index contributed by atoms with van der Waals surface area (Å²) < 4.78 is 17.9. The number of nitrogens with zero attached hydrogens (tertiary/aromatic N) is 5. The number of nitriles is 1. The first-order valence-electron chi connectivity index (χ1n) is 17.0. The molecule has 0 amide bonds. The monoisotopic (exact) mass is 669 g/mol. The highest BCUT2D eigenvalue weighted by molar-refractivity contribution is 6.11. The van der Waals surface area contributed by atoms with Crippen LogP contribution in [0.1, 0.15) is 5.56 Å². The maximum absolute atomic E-state index is 15.7. The molecule has 0 fully saturated rings. The van der Waals surface area contributed by atoms with Crippen LogP contribution in [0, 0.1) is 17.1 Å². The fourth-order valence-electron chi connectivity index (χ4n) is 6.93. The van der Waals surface area contributed by atoms with Crippen molar-refractivity contribution in [3.05, 3.63) is 181 Å². The van der Waals surface area contributed by atoms with Gasteiger partial charge in [0, 0.05) is 38.6 Å². The summed E-state index contributed by atoms with van der Waals surface area (Å²) in [7, 11) is 0. The molecule has 0 aliphatic heterocycles. The Labute approximate surface area is 299 Å². The van der Waals surface area contributed by atoms with Gasteiger partial charge >= 0.3 is 0 Å². The molecule has 5 nitrogen and oxygen atoms in total. The van der Waals surface area contributed by atoms with Crippen LogP contribution in [0.3, 0.4) is 0 Å². The van der Waals surface area contributed by atoms with E-state index in [1.54, 1.807) is 12.1 Å². The quantitative estimate of drug-likeness (QED) is 0.177. The Morgan fingerprint density at radius 1 is 0.442 bits per heavy atom. The first-order chi connectivity index (χ1) is 25.7. The minimum atomic E-state index is -0.321. The molecule has 0 saturated carbocycles. The number of benzene rings is 7. The van der Waals surface area contributed by atoms with E-state index in [-0.39, 0.29) is 5.82 Å². The van der Waals surface area contributed by atoms with Gasteiger partial charge in [-0.15, -0.1) is 0 Å². The van der Waals surface area contributed by atoms with E-state index in [9.17, 15) is 5.26 Å². The topological polar surface area (TPSA) is 67.4 Å². The standard InChI is InChI=1S/C46H28FN5/c47-40-21-11-9-19-36(40)38-26-24-33(46-50-44(30-13-3-1-4-14-30)49-45(51-46)31-15-5-2-6-16-31)28-43(38)52-41-22-12-10-20-37(41)39-25-23-32(27-42(39)52)35-18-8-7-17-34(35)29-48/h1-28H. The number of aromatic nitrogens is 4. The normalized spacial score (nSPS) is 11.2. The molecule has 52 heavy (non-hydrogen) atoms. The molecule has 0 N–H and O–H groups in total. The Morgan fingerprint density at radius 2 is 1.00 bits per heavy atom. The van der Waals surface area contributed by atoms with Gasteiger partial charge in [-0.25, -0.2) is 19.3 Å². The van der Waals surface area contributed by atoms with Gasteiger partial charge in [-0.2, -0.15) is 5.26 Å². The van der Waals surface area contributed by atoms with Crippen molar-refractivity contribution in [2.75, 3.05) is 0 Å². The van der Waals surface area contributed by atoms with Crippen molar-refractivity contribution < 1.29 is 4.39 Å². The minimum absolute atomic E-state index is 0.321. The summed E-state index contributed by atoms with van der Waals surface area (Å²) >= 11 is 0. The molecule has 2 heterocycles. The molecule has 0 aliphatic rings. The Balaban J connectivity index is 1.34. The molecule has 9 aromatic rings. The molecule has 0 spiro atoms. The summed E-state index contributed by atoms with van der Waals surface area (Å²) in [5, 5.41) is 12.0. The lowest BCUT2D eigenvalue weighted by atomic mass is 9.98. The number of rotatable bonds is 6. The summed E-state index contributed by atoms with van der Waals surface area (Å²) in [5.74, 6) is 1.29. The van der Waals surface area contributed by atoms with Crippen LogP contribution in [-0.2, 0) is 0 Å². The highest BCUT2D eigenvalue weighted by atomic mass is 19.1. The van der Waals surface area contributed by atoms with Crippen LogP contribution in [0.15, 0.2) is 170 Å². The molecular formula is C46H28FN5. The van der Waals surface area contributed by atoms with Gasteiger partial charge in [-0.05, 0) is 41.5 Å². The lowest BCUT2D eigenvalue weighted by Crippen LogP contribution is -2.02. The SMILES string of the molecule is N#Cc1ccccc1-c1ccc2c3ccccc3n(-c3cc(-c4nc(-c5ccccc5)nc(-c5ccccc5)n4)ccc3-c3ccccc3F)c2c1. The van der Waals surface area contributed by atoms with Gasteiger partial charge in [-0.1, -0.05) is 140 Å². The van der Waals surface area contributed by atoms with E-state index < -0.39 is 0 Å². The Bertz CT molecular complexity index is 2760. The molecule has 0 unspecified atom stereocenters. The van der Waals surface area contributed by atoms with Crippen molar-refractivity contribution in [1.29, 1.82) is 5.26 Å². The van der Waals surface area contributed by atoms with Crippen molar-refractivity contribution in [1.82, 2.24) is 19.5 Å². The molecule has 0 saturated heterocycles. The first kappa shape index (κ1) is 30.8. The number of halogens is 1. The van der Waals surface area contributed by atoms with Gasteiger partial charge in [0.2, 0.25) is 0 Å². The summed E-state index contributed by atoms with van der Waals surface area (Å²) in [6, 6.07) is 57.0. The third-order valence-electron chi connectivity index (χ3n) is 9.39. The van der Waals surface area contributed by atoms with Crippen LogP contribution >= 0.6 is 0 Å². The Morgan fingerprint density at radius 3 is 1.69 bits per heavy atom. The van der Waals surface area contributed by atoms with Crippen molar-refractivity contribution in [2.45, 2.75) is 0 Å². The summed E-state index contributed by atoms with van der Waals surface area (Å²) in [4.78, 5) is 14.9. The van der Waals surface area contributed by atoms with Crippen LogP contribution in [0.25, 0.3) is 83.9 Å². The predicted molar refractivity (Wildman–Crippen MR) is 206 cm³/mol. The van der Waals surface area contributed by atoms with Crippen molar-refractivity contribution in [3.63, 3.8) is 0 Å². The molecule has 6 heteroatoms. The lowest BCUT2D eigenvalue weighted by Gasteiger charge is -2.17. The van der Waals surface area contributed by atoms with E-state index in [4.69, 9.17) is 15.0 Å². The first-order valence-corrected chi connectivity index (χ1v) is 17.0. The zero-order chi connectivity index (χ0) is 35.0. The van der Waals surface area contributed by atoms with Gasteiger partial charge in [0.25, 0.3) is 0 Å². The molecule has 9 rings (SSSR count). The number of hydrogen-bond donors (Lipinski definition) is 0. The van der Waals surface area contributed by atoms with Crippen molar-refractivity contribution in [2.24, 2.45) is 0 Å². The zero-order valence-corrected chi connectivity index (χ0v) is 27.8. The van der Waals surface area contributed by atoms with Crippen molar-refractivity contribution >= 4 is 21.8 Å². The summed E-state index contributed by atoms with van der Waals surface area (Å²) in [5.41, 5.74) is 8.70. The fourth-order valence-corrected chi connectivity index (χ4v) is 6.93. The third kappa shape index (κ3) is 5.38. The number of para-hydroxylation sites is 1. The van der Waals surface area contributed by atoms with E-state index >= 15 is 4.39 Å². The smallest absolute Gasteiger partial charge is 0.164 e. The zero-order valence-electron chi connectivity index (χ0n) is 27.8. The van der Waals surface area contributed by atoms with Gasteiger partial charge in [-0.3, -0.25) is 0 Å². The predicted octanol–water partition coefficient (Wildman–Crippen LogP) is 11.3. The average Bonchev–Trinajstić information content (AvgIpc) is 3.55. The van der Waals surface area contributed by atoms with E-state index in [1.165, 1.54) is 6.07 Å². The van der Waals surface area contributed by atoms with E-state index in [0.29, 0.717) is 34.2 Å². The lowest BCUT2D eigenvalue weighted by molar-refractivity contribution is 0.631. The second-order valence-electron chi connectivity index (χ2n) is 12.5. The van der Waals surface area contributed by atoms with Gasteiger partial charge in [0.05, 0.1) is 28.4 Å². The van der Waals surface area contributed by atoms with Gasteiger partial charge < -0.3 is 4.57 Å². The highest BCUT2D eigenvalue weighted by Gasteiger charge is 2.21. The number of hydrogen-bond acceptors (Lipinski definition) is 4. The molecular weight excluding hydrogens is 642 g/mol. The summed E-state index contributed by atoms with van der Waals surface area (Å²) in [6.07, 6.45) is 0. The van der Waals surface area contributed by atoms with Crippen LogP contribution in [0.5, 0.6) is 0 Å². The van der Waals surface area contributed by atoms with Crippen LogP contribution in [-0.4, -0.2) is 19.5 Å².